The highest BCUT2D eigenvalue weighted by atomic mass is 16.5. The number of anilines is 3. The normalized spacial score (nSPS) is 10.5. The molecule has 32 heavy (non-hydrogen) atoms. The average Bonchev–Trinajstić information content (AvgIpc) is 2.80. The maximum atomic E-state index is 12.2. The molecule has 6 heteroatoms. The van der Waals surface area contributed by atoms with E-state index in [2.05, 4.69) is 28.1 Å². The van der Waals surface area contributed by atoms with Crippen LogP contribution >= 0.6 is 0 Å². The highest BCUT2D eigenvalue weighted by Gasteiger charge is 2.07. The predicted octanol–water partition coefficient (Wildman–Crippen LogP) is 4.95. The van der Waals surface area contributed by atoms with Crippen molar-refractivity contribution in [3.63, 3.8) is 0 Å². The van der Waals surface area contributed by atoms with Crippen molar-refractivity contribution in [2.75, 3.05) is 29.1 Å². The average molecular weight is 432 g/mol. The molecule has 0 aromatic heterocycles. The summed E-state index contributed by atoms with van der Waals surface area (Å²) in [6, 6.07) is 24.8. The number of amides is 2. The predicted molar refractivity (Wildman–Crippen MR) is 129 cm³/mol. The summed E-state index contributed by atoms with van der Waals surface area (Å²) in [6.45, 7) is 4.42. The molecular formula is C26H29N3O3. The van der Waals surface area contributed by atoms with E-state index in [0.717, 1.165) is 17.9 Å². The summed E-state index contributed by atoms with van der Waals surface area (Å²) >= 11 is 0. The fourth-order valence-electron chi connectivity index (χ4n) is 2.91. The van der Waals surface area contributed by atoms with Gasteiger partial charge in [0.1, 0.15) is 5.75 Å². The Bertz CT molecular complexity index is 1000. The Balaban J connectivity index is 1.39. The standard InChI is InChI=1S/C26H29N3O3/c1-19(2)26(31)29-23-10-8-22(9-11-23)28-25(30)18-27-21-12-14-24(15-13-21)32-17-16-20-6-4-3-5-7-20/h3-15,19,27H,16-18H2,1-2H3,(H,28,30)(H,29,31). The maximum absolute atomic E-state index is 12.2. The summed E-state index contributed by atoms with van der Waals surface area (Å²) in [7, 11) is 0. The number of hydrogen-bond acceptors (Lipinski definition) is 4. The van der Waals surface area contributed by atoms with Gasteiger partial charge in [-0.1, -0.05) is 44.2 Å². The van der Waals surface area contributed by atoms with Gasteiger partial charge in [0, 0.05) is 29.4 Å². The molecule has 0 atom stereocenters. The maximum Gasteiger partial charge on any atom is 0.243 e. The first-order valence-corrected chi connectivity index (χ1v) is 10.7. The third-order valence-corrected chi connectivity index (χ3v) is 4.77. The molecule has 3 aromatic carbocycles. The van der Waals surface area contributed by atoms with Gasteiger partial charge in [0.05, 0.1) is 13.2 Å². The molecule has 0 aliphatic heterocycles. The van der Waals surface area contributed by atoms with Crippen molar-refractivity contribution >= 4 is 28.9 Å². The number of carbonyl (C=O) groups is 2. The summed E-state index contributed by atoms with van der Waals surface area (Å²) in [5, 5.41) is 8.75. The largest absolute Gasteiger partial charge is 0.493 e. The third kappa shape index (κ3) is 7.47. The van der Waals surface area contributed by atoms with Crippen molar-refractivity contribution in [3.8, 4) is 5.75 Å². The van der Waals surface area contributed by atoms with Crippen LogP contribution in [0.2, 0.25) is 0 Å². The van der Waals surface area contributed by atoms with E-state index < -0.39 is 0 Å². The van der Waals surface area contributed by atoms with Crippen LogP contribution in [0.25, 0.3) is 0 Å². The molecule has 3 aromatic rings. The van der Waals surface area contributed by atoms with Gasteiger partial charge in [0.2, 0.25) is 11.8 Å². The summed E-state index contributed by atoms with van der Waals surface area (Å²) in [5.41, 5.74) is 3.45. The van der Waals surface area contributed by atoms with Crippen molar-refractivity contribution in [2.24, 2.45) is 5.92 Å². The molecule has 0 aliphatic rings. The fourth-order valence-corrected chi connectivity index (χ4v) is 2.91. The lowest BCUT2D eigenvalue weighted by Crippen LogP contribution is -2.21. The van der Waals surface area contributed by atoms with E-state index in [0.29, 0.717) is 18.0 Å². The first kappa shape index (κ1) is 22.9. The Morgan fingerprint density at radius 1 is 0.781 bits per heavy atom. The van der Waals surface area contributed by atoms with Crippen LogP contribution in [-0.4, -0.2) is 25.0 Å². The lowest BCUT2D eigenvalue weighted by Gasteiger charge is -2.11. The van der Waals surface area contributed by atoms with E-state index in [1.165, 1.54) is 5.56 Å². The second kappa shape index (κ2) is 11.6. The number of ether oxygens (including phenoxy) is 1. The van der Waals surface area contributed by atoms with E-state index in [9.17, 15) is 9.59 Å². The topological polar surface area (TPSA) is 79.5 Å². The Hall–Kier alpha value is -3.80. The summed E-state index contributed by atoms with van der Waals surface area (Å²) in [6.07, 6.45) is 0.853. The second-order valence-electron chi connectivity index (χ2n) is 7.73. The third-order valence-electron chi connectivity index (χ3n) is 4.77. The monoisotopic (exact) mass is 431 g/mol. The number of nitrogens with one attached hydrogen (secondary N) is 3. The Morgan fingerprint density at radius 2 is 1.38 bits per heavy atom. The number of carbonyl (C=O) groups excluding carboxylic acids is 2. The zero-order valence-electron chi connectivity index (χ0n) is 18.4. The van der Waals surface area contributed by atoms with Gasteiger partial charge in [0.15, 0.2) is 0 Å². The summed E-state index contributed by atoms with van der Waals surface area (Å²) < 4.78 is 5.78. The Kier molecular flexibility index (Phi) is 8.26. The lowest BCUT2D eigenvalue weighted by atomic mass is 10.2. The van der Waals surface area contributed by atoms with E-state index in [1.807, 2.05) is 56.3 Å². The smallest absolute Gasteiger partial charge is 0.243 e. The van der Waals surface area contributed by atoms with Crippen LogP contribution in [-0.2, 0) is 16.0 Å². The van der Waals surface area contributed by atoms with Crippen molar-refractivity contribution < 1.29 is 14.3 Å². The zero-order valence-corrected chi connectivity index (χ0v) is 18.4. The molecule has 6 nitrogen and oxygen atoms in total. The molecule has 0 radical (unpaired) electrons. The highest BCUT2D eigenvalue weighted by Crippen LogP contribution is 2.17. The Labute approximate surface area is 189 Å². The molecule has 0 aliphatic carbocycles. The first-order chi connectivity index (χ1) is 15.5. The van der Waals surface area contributed by atoms with Gasteiger partial charge in [-0.15, -0.1) is 0 Å². The second-order valence-corrected chi connectivity index (χ2v) is 7.73. The summed E-state index contributed by atoms with van der Waals surface area (Å²) in [4.78, 5) is 23.9. The van der Waals surface area contributed by atoms with Gasteiger partial charge in [-0.3, -0.25) is 9.59 Å². The molecule has 0 saturated carbocycles. The first-order valence-electron chi connectivity index (χ1n) is 10.7. The van der Waals surface area contributed by atoms with Crippen LogP contribution in [0.5, 0.6) is 5.75 Å². The molecule has 0 bridgehead atoms. The van der Waals surface area contributed by atoms with Gasteiger partial charge in [-0.05, 0) is 54.1 Å². The number of benzene rings is 3. The van der Waals surface area contributed by atoms with Crippen LogP contribution < -0.4 is 20.7 Å². The van der Waals surface area contributed by atoms with Crippen molar-refractivity contribution in [1.82, 2.24) is 0 Å². The lowest BCUT2D eigenvalue weighted by molar-refractivity contribution is -0.119. The van der Waals surface area contributed by atoms with E-state index in [4.69, 9.17) is 4.74 Å². The van der Waals surface area contributed by atoms with Crippen molar-refractivity contribution in [2.45, 2.75) is 20.3 Å². The molecule has 3 N–H and O–H groups in total. The van der Waals surface area contributed by atoms with Gasteiger partial charge in [0.25, 0.3) is 0 Å². The molecule has 0 fully saturated rings. The van der Waals surface area contributed by atoms with E-state index >= 15 is 0 Å². The van der Waals surface area contributed by atoms with E-state index in [-0.39, 0.29) is 24.3 Å². The van der Waals surface area contributed by atoms with Crippen LogP contribution in [0.1, 0.15) is 19.4 Å². The van der Waals surface area contributed by atoms with Crippen LogP contribution in [0.4, 0.5) is 17.1 Å². The van der Waals surface area contributed by atoms with Crippen LogP contribution in [0, 0.1) is 5.92 Å². The van der Waals surface area contributed by atoms with Crippen LogP contribution in [0.3, 0.4) is 0 Å². The van der Waals surface area contributed by atoms with Gasteiger partial charge in [-0.25, -0.2) is 0 Å². The number of rotatable bonds is 10. The molecule has 0 unspecified atom stereocenters. The zero-order chi connectivity index (χ0) is 22.8. The van der Waals surface area contributed by atoms with Crippen molar-refractivity contribution in [3.05, 3.63) is 84.4 Å². The van der Waals surface area contributed by atoms with Gasteiger partial charge < -0.3 is 20.7 Å². The van der Waals surface area contributed by atoms with Gasteiger partial charge in [-0.2, -0.15) is 0 Å². The van der Waals surface area contributed by atoms with Gasteiger partial charge >= 0.3 is 0 Å². The molecule has 3 rings (SSSR count). The quantitative estimate of drug-likeness (QED) is 0.424. The molecule has 2 amide bonds. The number of hydrogen-bond donors (Lipinski definition) is 3. The minimum absolute atomic E-state index is 0.0430. The summed E-state index contributed by atoms with van der Waals surface area (Å²) in [5.74, 6) is 0.502. The minimum atomic E-state index is -0.160. The van der Waals surface area contributed by atoms with Crippen LogP contribution in [0.15, 0.2) is 78.9 Å². The molecule has 166 valence electrons. The minimum Gasteiger partial charge on any atom is -0.493 e. The molecule has 0 saturated heterocycles. The molecular weight excluding hydrogens is 402 g/mol. The van der Waals surface area contributed by atoms with Crippen molar-refractivity contribution in [1.29, 1.82) is 0 Å². The Morgan fingerprint density at radius 3 is 2.00 bits per heavy atom. The molecule has 0 heterocycles. The molecule has 0 spiro atoms. The SMILES string of the molecule is CC(C)C(=O)Nc1ccc(NC(=O)CNc2ccc(OCCc3ccccc3)cc2)cc1. The highest BCUT2D eigenvalue weighted by molar-refractivity contribution is 5.95. The fraction of sp³-hybridized carbons (Fsp3) is 0.231. The van der Waals surface area contributed by atoms with E-state index in [1.54, 1.807) is 24.3 Å².